The van der Waals surface area contributed by atoms with Crippen molar-refractivity contribution in [3.05, 3.63) is 70.7 Å². The third-order valence-electron chi connectivity index (χ3n) is 6.53. The highest BCUT2D eigenvalue weighted by atomic mass is 32.2. The molecule has 4 rings (SSSR count). The maximum atomic E-state index is 13.5. The van der Waals surface area contributed by atoms with Crippen LogP contribution in [0.3, 0.4) is 0 Å². The van der Waals surface area contributed by atoms with Crippen LogP contribution in [0.1, 0.15) is 53.5 Å². The Morgan fingerprint density at radius 2 is 1.79 bits per heavy atom. The monoisotopic (exact) mass is 553 g/mol. The number of aromatic nitrogens is 2. The molecule has 11 nitrogen and oxygen atoms in total. The number of amides is 1. The molecule has 39 heavy (non-hydrogen) atoms. The first-order valence-electron chi connectivity index (χ1n) is 12.3. The Kier molecular flexibility index (Phi) is 7.37. The summed E-state index contributed by atoms with van der Waals surface area (Å²) in [4.78, 5) is 13.5. The van der Waals surface area contributed by atoms with E-state index in [1.54, 1.807) is 35.1 Å². The van der Waals surface area contributed by atoms with Gasteiger partial charge in [-0.2, -0.15) is 5.10 Å². The highest BCUT2D eigenvalue weighted by molar-refractivity contribution is 7.92. The fourth-order valence-corrected chi connectivity index (χ4v) is 4.75. The van der Waals surface area contributed by atoms with Gasteiger partial charge in [0, 0.05) is 30.1 Å². The summed E-state index contributed by atoms with van der Waals surface area (Å²) in [6.07, 6.45) is 4.77. The number of nitrogens with zero attached hydrogens (tertiary/aromatic N) is 3. The van der Waals surface area contributed by atoms with Crippen LogP contribution in [0.2, 0.25) is 0 Å². The van der Waals surface area contributed by atoms with Crippen molar-refractivity contribution in [1.82, 2.24) is 20.7 Å². The summed E-state index contributed by atoms with van der Waals surface area (Å²) in [5.74, 6) is -0.149. The minimum Gasteiger partial charge on any atom is -0.492 e. The molecule has 2 aromatic carbocycles. The summed E-state index contributed by atoms with van der Waals surface area (Å²) in [7, 11) is -0.270. The molecule has 0 atom stereocenters. The molecule has 1 aliphatic rings. The SMILES string of the molecule is COc1c(NC(=O)c2ccc(C)c(N3C=C(c4cnn(C)c4C)NN3)c2)cc(C(C)(C)C)cc1NS(C)(=O)=O. The molecule has 4 N–H and O–H groups in total. The summed E-state index contributed by atoms with van der Waals surface area (Å²) >= 11 is 0. The molecule has 3 aromatic rings. The number of benzene rings is 2. The number of aryl methyl sites for hydroxylation is 2. The quantitative estimate of drug-likeness (QED) is 0.348. The predicted octanol–water partition coefficient (Wildman–Crippen LogP) is 3.79. The van der Waals surface area contributed by atoms with Gasteiger partial charge >= 0.3 is 0 Å². The summed E-state index contributed by atoms with van der Waals surface area (Å²) < 4.78 is 33.9. The lowest BCUT2D eigenvalue weighted by molar-refractivity contribution is 0.102. The molecule has 0 fully saturated rings. The molecule has 12 heteroatoms. The Balaban J connectivity index is 1.67. The molecule has 208 valence electrons. The highest BCUT2D eigenvalue weighted by Gasteiger charge is 2.24. The van der Waals surface area contributed by atoms with Gasteiger partial charge in [0.15, 0.2) is 5.75 Å². The number of hydrogen-bond acceptors (Lipinski definition) is 8. The van der Waals surface area contributed by atoms with Gasteiger partial charge in [0.05, 0.1) is 42.3 Å². The van der Waals surface area contributed by atoms with Crippen molar-refractivity contribution in [2.45, 2.75) is 40.0 Å². The number of hydrogen-bond donors (Lipinski definition) is 4. The predicted molar refractivity (Wildman–Crippen MR) is 154 cm³/mol. The molecule has 0 spiro atoms. The Morgan fingerprint density at radius 3 is 2.38 bits per heavy atom. The molecular formula is C27H35N7O4S. The molecular weight excluding hydrogens is 518 g/mol. The maximum Gasteiger partial charge on any atom is 0.255 e. The Labute approximate surface area is 229 Å². The van der Waals surface area contributed by atoms with Gasteiger partial charge in [-0.05, 0) is 54.7 Å². The summed E-state index contributed by atoms with van der Waals surface area (Å²) in [5.41, 5.74) is 12.4. The maximum absolute atomic E-state index is 13.5. The number of anilines is 3. The molecule has 0 saturated heterocycles. The van der Waals surface area contributed by atoms with Crippen molar-refractivity contribution >= 4 is 38.7 Å². The summed E-state index contributed by atoms with van der Waals surface area (Å²) in [5, 5.41) is 9.03. The van der Waals surface area contributed by atoms with E-state index in [9.17, 15) is 13.2 Å². The number of nitrogens with one attached hydrogen (secondary N) is 4. The van der Waals surface area contributed by atoms with Crippen LogP contribution in [0.5, 0.6) is 5.75 Å². The normalized spacial score (nSPS) is 13.6. The standard InChI is InChI=1S/C27H35N7O4S/c1-16-9-10-18(11-24(16)34-15-23(30-32-34)20-14-28-33(6)17(20)2)26(35)29-21-12-19(27(3,4)5)13-22(25(21)38-7)31-39(8,36)37/h9-15,30-32H,1-8H3,(H,29,35). The van der Waals surface area contributed by atoms with E-state index in [-0.39, 0.29) is 22.8 Å². The van der Waals surface area contributed by atoms with E-state index in [0.717, 1.165) is 40.0 Å². The Morgan fingerprint density at radius 1 is 1.10 bits per heavy atom. The lowest BCUT2D eigenvalue weighted by Crippen LogP contribution is -2.36. The lowest BCUT2D eigenvalue weighted by atomic mass is 9.86. The van der Waals surface area contributed by atoms with Crippen LogP contribution in [-0.2, 0) is 22.5 Å². The van der Waals surface area contributed by atoms with Gasteiger partial charge < -0.3 is 15.5 Å². The van der Waals surface area contributed by atoms with E-state index in [1.165, 1.54) is 7.11 Å². The number of carbonyl (C=O) groups excluding carboxylic acids is 1. The first kappa shape index (κ1) is 28.0. The van der Waals surface area contributed by atoms with Crippen LogP contribution in [0.15, 0.2) is 42.7 Å². The van der Waals surface area contributed by atoms with E-state index < -0.39 is 10.0 Å². The number of hydrazine groups is 2. The fourth-order valence-electron chi connectivity index (χ4n) is 4.20. The number of sulfonamides is 1. The molecule has 1 aromatic heterocycles. The minimum atomic E-state index is -3.59. The largest absolute Gasteiger partial charge is 0.492 e. The average Bonchev–Trinajstić information content (AvgIpc) is 3.44. The molecule has 0 radical (unpaired) electrons. The van der Waals surface area contributed by atoms with Crippen molar-refractivity contribution in [3.8, 4) is 5.75 Å². The molecule has 0 aliphatic carbocycles. The fraction of sp³-hybridized carbons (Fsp3) is 0.333. The zero-order valence-corrected chi connectivity index (χ0v) is 24.2. The second-order valence-electron chi connectivity index (χ2n) is 10.6. The third kappa shape index (κ3) is 6.02. The van der Waals surface area contributed by atoms with Gasteiger partial charge in [0.1, 0.15) is 0 Å². The first-order chi connectivity index (χ1) is 18.2. The van der Waals surface area contributed by atoms with Crippen molar-refractivity contribution in [1.29, 1.82) is 0 Å². The van der Waals surface area contributed by atoms with E-state index >= 15 is 0 Å². The van der Waals surface area contributed by atoms with E-state index in [1.807, 2.05) is 58.9 Å². The number of carbonyl (C=O) groups is 1. The minimum absolute atomic E-state index is 0.221. The number of ether oxygens (including phenoxy) is 1. The van der Waals surface area contributed by atoms with Gasteiger partial charge in [0.2, 0.25) is 10.0 Å². The van der Waals surface area contributed by atoms with E-state index in [2.05, 4.69) is 26.1 Å². The number of rotatable bonds is 7. The Bertz CT molecular complexity index is 1570. The molecule has 2 heterocycles. The highest BCUT2D eigenvalue weighted by Crippen LogP contribution is 2.39. The van der Waals surface area contributed by atoms with Gasteiger partial charge in [-0.25, -0.2) is 8.42 Å². The molecule has 1 aliphatic heterocycles. The molecule has 0 unspecified atom stereocenters. The second kappa shape index (κ2) is 10.3. The van der Waals surface area contributed by atoms with E-state index in [0.29, 0.717) is 11.3 Å². The zero-order chi connectivity index (χ0) is 28.7. The zero-order valence-electron chi connectivity index (χ0n) is 23.4. The summed E-state index contributed by atoms with van der Waals surface area (Å²) in [6.45, 7) is 9.95. The van der Waals surface area contributed by atoms with E-state index in [4.69, 9.17) is 4.74 Å². The Hall–Kier alpha value is -4.03. The second-order valence-corrected chi connectivity index (χ2v) is 12.3. The third-order valence-corrected chi connectivity index (χ3v) is 7.12. The van der Waals surface area contributed by atoms with Crippen LogP contribution in [0.4, 0.5) is 17.1 Å². The smallest absolute Gasteiger partial charge is 0.255 e. The van der Waals surface area contributed by atoms with Crippen molar-refractivity contribution in [2.24, 2.45) is 7.05 Å². The van der Waals surface area contributed by atoms with Crippen LogP contribution in [0.25, 0.3) is 5.70 Å². The summed E-state index contributed by atoms with van der Waals surface area (Å²) in [6, 6.07) is 8.91. The lowest BCUT2D eigenvalue weighted by Gasteiger charge is -2.24. The van der Waals surface area contributed by atoms with Gasteiger partial charge in [-0.3, -0.25) is 19.2 Å². The molecule has 0 saturated carbocycles. The molecule has 1 amide bonds. The van der Waals surface area contributed by atoms with Crippen molar-refractivity contribution in [2.75, 3.05) is 28.4 Å². The molecule has 0 bridgehead atoms. The topological polar surface area (TPSA) is 130 Å². The average molecular weight is 554 g/mol. The van der Waals surface area contributed by atoms with Crippen molar-refractivity contribution < 1.29 is 17.9 Å². The van der Waals surface area contributed by atoms with Gasteiger partial charge in [-0.1, -0.05) is 26.8 Å². The van der Waals surface area contributed by atoms with Crippen LogP contribution in [-0.4, -0.2) is 37.5 Å². The van der Waals surface area contributed by atoms with Gasteiger partial charge in [-0.15, -0.1) is 5.53 Å². The van der Waals surface area contributed by atoms with Crippen LogP contribution >= 0.6 is 0 Å². The van der Waals surface area contributed by atoms with Crippen molar-refractivity contribution in [3.63, 3.8) is 0 Å². The van der Waals surface area contributed by atoms with Crippen LogP contribution in [0, 0.1) is 13.8 Å². The van der Waals surface area contributed by atoms with Gasteiger partial charge in [0.25, 0.3) is 5.91 Å². The van der Waals surface area contributed by atoms with Crippen LogP contribution < -0.4 is 30.7 Å². The first-order valence-corrected chi connectivity index (χ1v) is 14.2. The number of methoxy groups -OCH3 is 1.